The lowest BCUT2D eigenvalue weighted by atomic mass is 9.32. The maximum Gasteiger partial charge on any atom is 0.309 e. The molecule has 0 spiro atoms. The van der Waals surface area contributed by atoms with E-state index in [-0.39, 0.29) is 56.7 Å². The van der Waals surface area contributed by atoms with Crippen molar-refractivity contribution in [3.8, 4) is 0 Å². The summed E-state index contributed by atoms with van der Waals surface area (Å²) in [7, 11) is -2.88. The van der Waals surface area contributed by atoms with Crippen molar-refractivity contribution in [1.82, 2.24) is 10.2 Å². The number of hydrogen-bond acceptors (Lipinski definition) is 7. The molecule has 13 atom stereocenters. The Morgan fingerprint density at radius 2 is 1.54 bits per heavy atom. The first kappa shape index (κ1) is 40.7. The van der Waals surface area contributed by atoms with E-state index < -0.39 is 27.1 Å². The number of carbonyl (C=O) groups is 2. The second-order valence-corrected chi connectivity index (χ2v) is 24.2. The van der Waals surface area contributed by atoms with Gasteiger partial charge < -0.3 is 15.2 Å². The molecule has 1 aliphatic heterocycles. The number of carbonyl (C=O) groups excluding carboxylic acids is 1. The van der Waals surface area contributed by atoms with E-state index in [2.05, 4.69) is 65.3 Å². The quantitative estimate of drug-likeness (QED) is 0.179. The minimum atomic E-state index is -2.88. The molecule has 0 radical (unpaired) electrons. The molecule has 8 nitrogen and oxygen atoms in total. The predicted octanol–water partition coefficient (Wildman–Crippen LogP) is 8.15. The summed E-state index contributed by atoms with van der Waals surface area (Å²) in [5.74, 6) is 1.64. The first-order valence-electron chi connectivity index (χ1n) is 21.8. The van der Waals surface area contributed by atoms with Crippen LogP contribution in [0.25, 0.3) is 0 Å². The number of nitrogens with zero attached hydrogens (tertiary/aromatic N) is 1. The Bertz CT molecular complexity index is 1610. The number of carboxylic acids is 1. The second kappa shape index (κ2) is 13.6. The Labute approximate surface area is 327 Å². The Morgan fingerprint density at radius 3 is 2.17 bits per heavy atom. The molecule has 2 N–H and O–H groups in total. The summed E-state index contributed by atoms with van der Waals surface area (Å²) in [6.45, 7) is 28.0. The molecule has 9 heteroatoms. The minimum absolute atomic E-state index is 0.138. The van der Waals surface area contributed by atoms with Crippen molar-refractivity contribution in [3.05, 3.63) is 12.2 Å². The zero-order chi connectivity index (χ0) is 39.4. The van der Waals surface area contributed by atoms with Crippen LogP contribution in [-0.2, 0) is 24.2 Å². The molecule has 0 aromatic heterocycles. The fourth-order valence-corrected chi connectivity index (χ4v) is 16.7. The predicted molar refractivity (Wildman–Crippen MR) is 214 cm³/mol. The number of ether oxygens (including phenoxy) is 1. The van der Waals surface area contributed by atoms with E-state index in [1.165, 1.54) is 50.5 Å². The van der Waals surface area contributed by atoms with Crippen molar-refractivity contribution in [2.24, 2.45) is 68.5 Å². The molecule has 1 saturated heterocycles. The fourth-order valence-electron chi connectivity index (χ4n) is 15.5. The summed E-state index contributed by atoms with van der Waals surface area (Å²) < 4.78 is 30.6. The van der Waals surface area contributed by atoms with E-state index in [1.807, 2.05) is 13.8 Å². The molecule has 0 aromatic rings. The van der Waals surface area contributed by atoms with Gasteiger partial charge in [-0.2, -0.15) is 0 Å². The van der Waals surface area contributed by atoms with E-state index in [4.69, 9.17) is 4.74 Å². The van der Waals surface area contributed by atoms with E-state index >= 15 is 0 Å². The summed E-state index contributed by atoms with van der Waals surface area (Å²) in [6, 6.07) is 0.373. The highest BCUT2D eigenvalue weighted by atomic mass is 32.2. The highest BCUT2D eigenvalue weighted by Crippen LogP contribution is 2.76. The molecule has 0 bridgehead atoms. The molecule has 7 fully saturated rings. The van der Waals surface area contributed by atoms with Gasteiger partial charge in [-0.05, 0) is 149 Å². The van der Waals surface area contributed by atoms with Crippen LogP contribution >= 0.6 is 0 Å². The smallest absolute Gasteiger partial charge is 0.309 e. The van der Waals surface area contributed by atoms with Crippen molar-refractivity contribution < 1.29 is 27.9 Å². The molecular formula is C45H74N2O6S. The molecule has 54 heavy (non-hydrogen) atoms. The molecule has 0 unspecified atom stereocenters. The van der Waals surface area contributed by atoms with Crippen LogP contribution in [0.2, 0.25) is 0 Å². The van der Waals surface area contributed by atoms with Crippen molar-refractivity contribution >= 4 is 21.8 Å². The number of esters is 1. The second-order valence-electron chi connectivity index (χ2n) is 21.9. The average Bonchev–Trinajstić information content (AvgIpc) is 3.45. The molecule has 306 valence electrons. The molecule has 1 heterocycles. The lowest BCUT2D eigenvalue weighted by Gasteiger charge is -2.73. The number of hydrogen-bond donors (Lipinski definition) is 2. The van der Waals surface area contributed by atoms with Crippen molar-refractivity contribution in [2.45, 2.75) is 157 Å². The zero-order valence-electron chi connectivity index (χ0n) is 35.3. The number of allylic oxidation sites excluding steroid dienone is 1. The van der Waals surface area contributed by atoms with Crippen LogP contribution in [0.5, 0.6) is 0 Å². The van der Waals surface area contributed by atoms with Crippen LogP contribution in [0, 0.1) is 68.5 Å². The monoisotopic (exact) mass is 771 g/mol. The summed E-state index contributed by atoms with van der Waals surface area (Å²) in [5.41, 5.74) is 1.44. The van der Waals surface area contributed by atoms with Crippen LogP contribution < -0.4 is 5.32 Å². The highest BCUT2D eigenvalue weighted by Gasteiger charge is 2.71. The topological polar surface area (TPSA) is 113 Å². The molecule has 0 amide bonds. The number of aliphatic carboxylic acids is 1. The van der Waals surface area contributed by atoms with Gasteiger partial charge >= 0.3 is 11.9 Å². The molecule has 7 rings (SSSR count). The first-order chi connectivity index (χ1) is 25.0. The molecular weight excluding hydrogens is 697 g/mol. The van der Waals surface area contributed by atoms with Crippen LogP contribution in [0.15, 0.2) is 12.2 Å². The van der Waals surface area contributed by atoms with Gasteiger partial charge in [-0.25, -0.2) is 8.42 Å². The minimum Gasteiger partial charge on any atom is -0.481 e. The number of carboxylic acid groups (broad SMARTS) is 1. The molecule has 6 aliphatic carbocycles. The molecule has 7 aliphatic rings. The SMILES string of the molecule is C=C(C)[C@@H]1CC[C@]2(NCC[C@H](C)N3CCS(=O)(=O)CC3)CC[C@]3(C)[C@H](CC[C@@H]4[C@@]5(C)CC[C@H](OC(=O)[C@H]6C[C@@H](C(=O)O)C6(C)C)C(C)(C)[C@@H]5CC[C@]43C)[C@@H]12. The van der Waals surface area contributed by atoms with Gasteiger partial charge in [0.15, 0.2) is 9.84 Å². The standard InChI is InChI=1S/C45H74N2O6S/c1-28(2)30-13-19-45(46-22-16-29(3)47-23-25-54(51,52)26-24-47)21-20-43(9)31(37(30)45)11-12-35-42(8)17-15-36(41(6,7)34(42)14-18-44(35,43)10)53-39(50)33-27-32(38(48)49)40(33,4)5/h29-37,46H,1,11-27H2,2-10H3,(H,48,49)/t29-,30-,31+,32-,33+,34-,35+,36-,37+,42-,43+,44+,45-/m0/s1. The van der Waals surface area contributed by atoms with Gasteiger partial charge in [0.05, 0.1) is 23.3 Å². The van der Waals surface area contributed by atoms with Gasteiger partial charge in [0.2, 0.25) is 0 Å². The van der Waals surface area contributed by atoms with Crippen molar-refractivity contribution in [3.63, 3.8) is 0 Å². The van der Waals surface area contributed by atoms with E-state index in [9.17, 15) is 23.1 Å². The largest absolute Gasteiger partial charge is 0.481 e. The Balaban J connectivity index is 1.07. The van der Waals surface area contributed by atoms with Gasteiger partial charge in [0, 0.05) is 30.1 Å². The number of nitrogens with one attached hydrogen (secondary N) is 1. The Hall–Kier alpha value is -1.45. The third-order valence-corrected chi connectivity index (χ3v) is 20.8. The van der Waals surface area contributed by atoms with Gasteiger partial charge in [-0.15, -0.1) is 0 Å². The maximum atomic E-state index is 13.6. The summed E-state index contributed by atoms with van der Waals surface area (Å²) in [5, 5.41) is 13.9. The van der Waals surface area contributed by atoms with E-state index in [0.29, 0.717) is 55.1 Å². The van der Waals surface area contributed by atoms with Crippen LogP contribution in [-0.4, -0.2) is 79.2 Å². The average molecular weight is 771 g/mol. The zero-order valence-corrected chi connectivity index (χ0v) is 36.1. The van der Waals surface area contributed by atoms with Crippen molar-refractivity contribution in [1.29, 1.82) is 0 Å². The van der Waals surface area contributed by atoms with Crippen LogP contribution in [0.1, 0.15) is 139 Å². The summed E-state index contributed by atoms with van der Waals surface area (Å²) >= 11 is 0. The third-order valence-electron chi connectivity index (χ3n) is 19.2. The third kappa shape index (κ3) is 6.11. The number of sulfone groups is 1. The van der Waals surface area contributed by atoms with Crippen LogP contribution in [0.3, 0.4) is 0 Å². The summed E-state index contributed by atoms with van der Waals surface area (Å²) in [6.07, 6.45) is 13.1. The van der Waals surface area contributed by atoms with Gasteiger partial charge in [-0.1, -0.05) is 60.6 Å². The molecule has 6 saturated carbocycles. The Kier molecular flexibility index (Phi) is 10.2. The lowest BCUT2D eigenvalue weighted by molar-refractivity contribution is -0.248. The van der Waals surface area contributed by atoms with Crippen molar-refractivity contribution in [2.75, 3.05) is 31.1 Å². The van der Waals surface area contributed by atoms with Gasteiger partial charge in [0.25, 0.3) is 0 Å². The van der Waals surface area contributed by atoms with Crippen LogP contribution in [0.4, 0.5) is 0 Å². The highest BCUT2D eigenvalue weighted by molar-refractivity contribution is 7.91. The normalized spacial score (nSPS) is 46.8. The van der Waals surface area contributed by atoms with E-state index in [1.54, 1.807) is 0 Å². The summed E-state index contributed by atoms with van der Waals surface area (Å²) in [4.78, 5) is 27.8. The number of fused-ring (bicyclic) bond motifs is 7. The molecule has 0 aromatic carbocycles. The maximum absolute atomic E-state index is 13.6. The van der Waals surface area contributed by atoms with Gasteiger partial charge in [-0.3, -0.25) is 14.5 Å². The first-order valence-corrected chi connectivity index (χ1v) is 23.6. The Morgan fingerprint density at radius 1 is 0.852 bits per heavy atom. The fraction of sp³-hybridized carbons (Fsp3) is 0.911. The lowest BCUT2D eigenvalue weighted by Crippen LogP contribution is -2.69. The van der Waals surface area contributed by atoms with E-state index in [0.717, 1.165) is 32.2 Å². The van der Waals surface area contributed by atoms with Gasteiger partial charge in [0.1, 0.15) is 6.10 Å². The number of rotatable bonds is 9.